The van der Waals surface area contributed by atoms with Gasteiger partial charge < -0.3 is 9.52 Å². The van der Waals surface area contributed by atoms with Gasteiger partial charge in [0.2, 0.25) is 0 Å². The van der Waals surface area contributed by atoms with Crippen LogP contribution in [-0.4, -0.2) is 15.9 Å². The summed E-state index contributed by atoms with van der Waals surface area (Å²) >= 11 is 0. The summed E-state index contributed by atoms with van der Waals surface area (Å²) in [6, 6.07) is 26.7. The Kier molecular flexibility index (Phi) is 12.6. The molecule has 0 unspecified atom stereocenters. The van der Waals surface area contributed by atoms with Crippen molar-refractivity contribution in [2.24, 2.45) is 10.8 Å². The van der Waals surface area contributed by atoms with Gasteiger partial charge in [-0.2, -0.15) is 0 Å². The van der Waals surface area contributed by atoms with Crippen LogP contribution in [-0.2, 0) is 30.3 Å². The van der Waals surface area contributed by atoms with Crippen molar-refractivity contribution in [3.05, 3.63) is 103 Å². The minimum atomic E-state index is -0.337. The summed E-state index contributed by atoms with van der Waals surface area (Å²) in [4.78, 5) is 16.9. The van der Waals surface area contributed by atoms with E-state index in [1.807, 2.05) is 65.9 Å². The number of carbonyl (C=O) groups excluding carboxylic acids is 1. The molecule has 0 aliphatic heterocycles. The van der Waals surface area contributed by atoms with E-state index in [0.29, 0.717) is 0 Å². The zero-order chi connectivity index (χ0) is 33.7. The van der Waals surface area contributed by atoms with Crippen LogP contribution in [0, 0.1) is 16.9 Å². The Bertz CT molecular complexity index is 1830. The van der Waals surface area contributed by atoms with E-state index in [9.17, 15) is 9.90 Å². The van der Waals surface area contributed by atoms with Gasteiger partial charge in [-0.15, -0.1) is 29.1 Å². The Morgan fingerprint density at radius 2 is 1.49 bits per heavy atom. The Balaban J connectivity index is 0.000000290. The van der Waals surface area contributed by atoms with Crippen LogP contribution < -0.4 is 0 Å². The third-order valence-corrected chi connectivity index (χ3v) is 10.0. The number of allylic oxidation sites excluding steroid dienone is 2. The molecule has 1 N–H and O–H groups in total. The van der Waals surface area contributed by atoms with E-state index >= 15 is 0 Å². The molecule has 0 aliphatic rings. The number of aliphatic hydroxyl groups excluding tert-OH is 1. The van der Waals surface area contributed by atoms with Gasteiger partial charge in [-0.25, -0.2) is 0 Å². The maximum absolute atomic E-state index is 12.2. The van der Waals surface area contributed by atoms with Gasteiger partial charge >= 0.3 is 0 Å². The Morgan fingerprint density at radius 3 is 2.13 bits per heavy atom. The third kappa shape index (κ3) is 8.31. The molecule has 0 atom stereocenters. The third-order valence-electron chi connectivity index (χ3n) is 10.0. The molecule has 0 spiro atoms. The standard InChI is InChI=1S/C27H22NO.C15H28O2.Ir/c1-27(2,3)24-16-20(15-18-7-4-5-8-22(18)24)25-17-19(11-13-28-25)21-9-6-10-26-23(21)12-14-29-26;1-7-14(5,8-2)12(16)11-13(17)15(6,9-3)10-4;/h4-14,16-17H,1-3H3;11,16H,7-10H2,1-6H3;/q-1;;/b;12-11-;. The minimum absolute atomic E-state index is 0. The maximum Gasteiger partial charge on any atom is 0.164 e. The first-order chi connectivity index (χ1) is 21.8. The number of rotatable bonds is 9. The molecule has 3 aromatic carbocycles. The first kappa shape index (κ1) is 37.9. The average molecular weight is 809 g/mol. The zero-order valence-electron chi connectivity index (χ0n) is 29.5. The molecule has 2 aromatic heterocycles. The van der Waals surface area contributed by atoms with Crippen LogP contribution in [0.15, 0.2) is 95.4 Å². The summed E-state index contributed by atoms with van der Waals surface area (Å²) in [6.45, 7) is 18.8. The van der Waals surface area contributed by atoms with E-state index < -0.39 is 0 Å². The van der Waals surface area contributed by atoms with Crippen molar-refractivity contribution in [2.75, 3.05) is 0 Å². The van der Waals surface area contributed by atoms with Crippen LogP contribution in [0.1, 0.15) is 93.6 Å². The predicted molar refractivity (Wildman–Crippen MR) is 193 cm³/mol. The van der Waals surface area contributed by atoms with E-state index in [-0.39, 0.29) is 47.9 Å². The maximum atomic E-state index is 12.2. The summed E-state index contributed by atoms with van der Waals surface area (Å²) in [6.07, 6.45) is 8.37. The number of hydrogen-bond acceptors (Lipinski definition) is 4. The Labute approximate surface area is 295 Å². The molecule has 1 radical (unpaired) electrons. The summed E-state index contributed by atoms with van der Waals surface area (Å²) in [7, 11) is 0. The molecule has 0 saturated carbocycles. The van der Waals surface area contributed by atoms with Gasteiger partial charge in [-0.3, -0.25) is 9.78 Å². The van der Waals surface area contributed by atoms with Gasteiger partial charge in [0, 0.05) is 54.3 Å². The molecule has 4 nitrogen and oxygen atoms in total. The van der Waals surface area contributed by atoms with E-state index in [1.165, 1.54) is 17.0 Å². The van der Waals surface area contributed by atoms with E-state index in [4.69, 9.17) is 4.42 Å². The van der Waals surface area contributed by atoms with Crippen LogP contribution in [0.25, 0.3) is 44.1 Å². The van der Waals surface area contributed by atoms with Crippen LogP contribution in [0.2, 0.25) is 0 Å². The van der Waals surface area contributed by atoms with Gasteiger partial charge in [0.25, 0.3) is 0 Å². The molecule has 5 aromatic rings. The quantitative estimate of drug-likeness (QED) is 0.0915. The SMILES string of the molecule is CC(C)(C)c1cc(-c2cc(-c3cccc4occc34)ccn2)[c-]c2ccccc12.CCC(C)(CC)C(=O)/C=C(\O)C(C)(CC)CC.[Ir]. The zero-order valence-corrected chi connectivity index (χ0v) is 31.9. The van der Waals surface area contributed by atoms with Crippen LogP contribution >= 0.6 is 0 Å². The van der Waals surface area contributed by atoms with Crippen molar-refractivity contribution in [1.29, 1.82) is 0 Å². The van der Waals surface area contributed by atoms with E-state index in [2.05, 4.69) is 80.4 Å². The molecule has 5 rings (SSSR count). The number of furan rings is 1. The van der Waals surface area contributed by atoms with Crippen molar-refractivity contribution in [2.45, 2.75) is 93.4 Å². The van der Waals surface area contributed by atoms with Crippen LogP contribution in [0.3, 0.4) is 0 Å². The first-order valence-corrected chi connectivity index (χ1v) is 16.6. The fourth-order valence-electron chi connectivity index (χ4n) is 5.66. The Morgan fingerprint density at radius 1 is 0.830 bits per heavy atom. The summed E-state index contributed by atoms with van der Waals surface area (Å²) < 4.78 is 5.57. The number of carbonyl (C=O) groups is 1. The van der Waals surface area contributed by atoms with Gasteiger partial charge in [-0.05, 0) is 60.4 Å². The predicted octanol–water partition coefficient (Wildman–Crippen LogP) is 12.1. The molecule has 47 heavy (non-hydrogen) atoms. The second-order valence-corrected chi connectivity index (χ2v) is 13.9. The molecule has 0 bridgehead atoms. The number of fused-ring (bicyclic) bond motifs is 2. The van der Waals surface area contributed by atoms with Gasteiger partial charge in [-0.1, -0.05) is 110 Å². The number of aliphatic hydroxyl groups is 1. The monoisotopic (exact) mass is 809 g/mol. The largest absolute Gasteiger partial charge is 0.512 e. The van der Waals surface area contributed by atoms with Crippen LogP contribution in [0.5, 0.6) is 0 Å². The average Bonchev–Trinajstić information content (AvgIpc) is 3.56. The minimum Gasteiger partial charge on any atom is -0.512 e. The van der Waals surface area contributed by atoms with Crippen LogP contribution in [0.4, 0.5) is 0 Å². The van der Waals surface area contributed by atoms with Crippen molar-refractivity contribution >= 4 is 27.5 Å². The second kappa shape index (κ2) is 15.6. The number of nitrogens with zero attached hydrogens (tertiary/aromatic N) is 1. The molecule has 2 heterocycles. The molecule has 251 valence electrons. The van der Waals surface area contributed by atoms with E-state index in [1.54, 1.807) is 6.26 Å². The molecule has 0 amide bonds. The van der Waals surface area contributed by atoms with E-state index in [0.717, 1.165) is 64.4 Å². The summed E-state index contributed by atoms with van der Waals surface area (Å²) in [5, 5.41) is 13.6. The smallest absolute Gasteiger partial charge is 0.164 e. The number of ketones is 1. The number of aromatic nitrogens is 1. The molecular formula is C42H50IrNO3-. The number of hydrogen-bond donors (Lipinski definition) is 1. The summed E-state index contributed by atoms with van der Waals surface area (Å²) in [5.41, 5.74) is 5.86. The number of pyridine rings is 1. The molecule has 0 saturated heterocycles. The Hall–Kier alpha value is -3.53. The van der Waals surface area contributed by atoms with Crippen molar-refractivity contribution in [3.63, 3.8) is 0 Å². The topological polar surface area (TPSA) is 63.3 Å². The fourth-order valence-corrected chi connectivity index (χ4v) is 5.66. The second-order valence-electron chi connectivity index (χ2n) is 13.9. The van der Waals surface area contributed by atoms with Gasteiger partial charge in [0.15, 0.2) is 5.78 Å². The van der Waals surface area contributed by atoms with Crippen molar-refractivity contribution in [3.8, 4) is 22.4 Å². The first-order valence-electron chi connectivity index (χ1n) is 16.6. The van der Waals surface area contributed by atoms with Crippen molar-refractivity contribution < 1.29 is 34.4 Å². The number of benzene rings is 3. The van der Waals surface area contributed by atoms with Crippen molar-refractivity contribution in [1.82, 2.24) is 4.98 Å². The molecule has 5 heteroatoms. The normalized spacial score (nSPS) is 12.4. The molecule has 0 fully saturated rings. The molecular weight excluding hydrogens is 759 g/mol. The summed E-state index contributed by atoms with van der Waals surface area (Å²) in [5.74, 6) is 0.286. The molecule has 0 aliphatic carbocycles. The fraction of sp³-hybridized carbons (Fsp3) is 0.381. The van der Waals surface area contributed by atoms with Gasteiger partial charge in [0.1, 0.15) is 11.3 Å². The van der Waals surface area contributed by atoms with Gasteiger partial charge in [0.05, 0.1) is 6.26 Å².